The highest BCUT2D eigenvalue weighted by Crippen LogP contribution is 2.32. The molecule has 0 saturated heterocycles. The first kappa shape index (κ1) is 14.4. The van der Waals surface area contributed by atoms with E-state index in [1.807, 2.05) is 12.1 Å². The molecule has 1 amide bonds. The lowest BCUT2D eigenvalue weighted by molar-refractivity contribution is -0.138. The topological polar surface area (TPSA) is 66.8 Å². The largest absolute Gasteiger partial charge is 0.480 e. The molecule has 5 nitrogen and oxygen atoms in total. The van der Waals surface area contributed by atoms with E-state index >= 15 is 0 Å². The first-order chi connectivity index (χ1) is 9.29. The van der Waals surface area contributed by atoms with Crippen LogP contribution in [0.1, 0.15) is 32.8 Å². The van der Waals surface area contributed by atoms with E-state index < -0.39 is 23.7 Å². The Bertz CT molecular complexity index is 533. The quantitative estimate of drug-likeness (QED) is 0.857. The summed E-state index contributed by atoms with van der Waals surface area (Å²) >= 11 is 0. The molecule has 0 aromatic heterocycles. The van der Waals surface area contributed by atoms with Gasteiger partial charge in [-0.15, -0.1) is 0 Å². The molecule has 1 aliphatic rings. The molecule has 1 aromatic rings. The van der Waals surface area contributed by atoms with Crippen molar-refractivity contribution < 1.29 is 19.4 Å². The molecule has 0 radical (unpaired) electrons. The third kappa shape index (κ3) is 2.92. The van der Waals surface area contributed by atoms with Crippen molar-refractivity contribution in [2.45, 2.75) is 45.3 Å². The van der Waals surface area contributed by atoms with Crippen LogP contribution in [-0.4, -0.2) is 28.8 Å². The molecule has 0 spiro atoms. The van der Waals surface area contributed by atoms with Gasteiger partial charge in [0.25, 0.3) is 0 Å². The highest BCUT2D eigenvalue weighted by molar-refractivity contribution is 5.96. The van der Waals surface area contributed by atoms with Gasteiger partial charge in [0.15, 0.2) is 0 Å². The number of hydrogen-bond acceptors (Lipinski definition) is 3. The molecule has 1 heterocycles. The number of benzene rings is 1. The van der Waals surface area contributed by atoms with Gasteiger partial charge in [-0.25, -0.2) is 9.59 Å². The van der Waals surface area contributed by atoms with Crippen LogP contribution in [-0.2, 0) is 16.0 Å². The van der Waals surface area contributed by atoms with Gasteiger partial charge in [-0.05, 0) is 45.2 Å². The van der Waals surface area contributed by atoms with Crippen LogP contribution in [0.25, 0.3) is 0 Å². The minimum atomic E-state index is -1.01. The van der Waals surface area contributed by atoms with Crippen LogP contribution >= 0.6 is 0 Å². The van der Waals surface area contributed by atoms with Crippen molar-refractivity contribution in [3.63, 3.8) is 0 Å². The number of carboxylic acid groups (broad SMARTS) is 1. The number of fused-ring (bicyclic) bond motifs is 1. The summed E-state index contributed by atoms with van der Waals surface area (Å²) in [5.74, 6) is -1.01. The number of aryl methyl sites for hydroxylation is 1. The van der Waals surface area contributed by atoms with Gasteiger partial charge in [-0.2, -0.15) is 0 Å². The maximum absolute atomic E-state index is 12.3. The van der Waals surface area contributed by atoms with Gasteiger partial charge < -0.3 is 9.84 Å². The van der Waals surface area contributed by atoms with Crippen LogP contribution < -0.4 is 4.90 Å². The van der Waals surface area contributed by atoms with Gasteiger partial charge in [0, 0.05) is 0 Å². The highest BCUT2D eigenvalue weighted by Gasteiger charge is 2.37. The van der Waals surface area contributed by atoms with Crippen molar-refractivity contribution in [1.29, 1.82) is 0 Å². The Kier molecular flexibility index (Phi) is 3.70. The molecule has 0 saturated carbocycles. The first-order valence-electron chi connectivity index (χ1n) is 6.62. The maximum Gasteiger partial charge on any atom is 0.415 e. The number of carboxylic acids is 1. The van der Waals surface area contributed by atoms with Crippen LogP contribution in [0.2, 0.25) is 0 Å². The van der Waals surface area contributed by atoms with Gasteiger partial charge in [0.1, 0.15) is 11.6 Å². The number of para-hydroxylation sites is 1. The van der Waals surface area contributed by atoms with Crippen LogP contribution in [0.3, 0.4) is 0 Å². The Morgan fingerprint density at radius 2 is 1.95 bits per heavy atom. The Hall–Kier alpha value is -2.04. The molecule has 0 aliphatic carbocycles. The summed E-state index contributed by atoms with van der Waals surface area (Å²) in [4.78, 5) is 25.0. The standard InChI is InChI=1S/C15H19NO4/c1-15(2,3)20-14(19)16-11-7-5-4-6-10(11)8-9-12(16)13(17)18/h4-7,12H,8-9H2,1-3H3,(H,17,18)/t12-/m0/s1. The predicted octanol–water partition coefficient (Wildman–Crippen LogP) is 2.83. The molecule has 5 heteroatoms. The fraction of sp³-hybridized carbons (Fsp3) is 0.467. The fourth-order valence-electron chi connectivity index (χ4n) is 2.32. The fourth-order valence-corrected chi connectivity index (χ4v) is 2.32. The molecule has 20 heavy (non-hydrogen) atoms. The second-order valence-electron chi connectivity index (χ2n) is 5.87. The summed E-state index contributed by atoms with van der Waals surface area (Å²) < 4.78 is 5.34. The molecule has 108 valence electrons. The zero-order chi connectivity index (χ0) is 14.9. The summed E-state index contributed by atoms with van der Waals surface area (Å²) in [6.07, 6.45) is 0.426. The number of aliphatic carboxylic acids is 1. The zero-order valence-electron chi connectivity index (χ0n) is 11.9. The molecule has 0 bridgehead atoms. The normalized spacial score (nSPS) is 18.4. The second kappa shape index (κ2) is 5.15. The SMILES string of the molecule is CC(C)(C)OC(=O)N1c2ccccc2CC[C@H]1C(=O)O. The van der Waals surface area contributed by atoms with Gasteiger partial charge >= 0.3 is 12.1 Å². The Balaban J connectivity index is 2.38. The van der Waals surface area contributed by atoms with Gasteiger partial charge in [0.05, 0.1) is 5.69 Å². The Morgan fingerprint density at radius 3 is 2.55 bits per heavy atom. The summed E-state index contributed by atoms with van der Waals surface area (Å²) in [5.41, 5.74) is 0.934. The van der Waals surface area contributed by atoms with Crippen LogP contribution in [0.4, 0.5) is 10.5 Å². The molecule has 2 rings (SSSR count). The average molecular weight is 277 g/mol. The van der Waals surface area contributed by atoms with Gasteiger partial charge in [-0.3, -0.25) is 4.90 Å². The van der Waals surface area contributed by atoms with E-state index in [1.165, 1.54) is 4.90 Å². The number of carbonyl (C=O) groups is 2. The second-order valence-corrected chi connectivity index (χ2v) is 5.87. The molecule has 1 aromatic carbocycles. The summed E-state index contributed by atoms with van der Waals surface area (Å²) in [5, 5.41) is 9.33. The number of nitrogens with zero attached hydrogens (tertiary/aromatic N) is 1. The smallest absolute Gasteiger partial charge is 0.415 e. The van der Waals surface area contributed by atoms with E-state index in [9.17, 15) is 14.7 Å². The van der Waals surface area contributed by atoms with Crippen molar-refractivity contribution in [3.05, 3.63) is 29.8 Å². The number of ether oxygens (including phenoxy) is 1. The highest BCUT2D eigenvalue weighted by atomic mass is 16.6. The molecular weight excluding hydrogens is 258 g/mol. The van der Waals surface area contributed by atoms with Crippen molar-refractivity contribution in [2.75, 3.05) is 4.90 Å². The third-order valence-corrected chi connectivity index (χ3v) is 3.13. The molecule has 0 fully saturated rings. The zero-order valence-corrected chi connectivity index (χ0v) is 11.9. The van der Waals surface area contributed by atoms with Crippen LogP contribution in [0.5, 0.6) is 0 Å². The Morgan fingerprint density at radius 1 is 1.30 bits per heavy atom. The van der Waals surface area contributed by atoms with E-state index in [1.54, 1.807) is 32.9 Å². The van der Waals surface area contributed by atoms with Crippen LogP contribution in [0.15, 0.2) is 24.3 Å². The van der Waals surface area contributed by atoms with Crippen molar-refractivity contribution in [1.82, 2.24) is 0 Å². The van der Waals surface area contributed by atoms with Crippen molar-refractivity contribution in [3.8, 4) is 0 Å². The monoisotopic (exact) mass is 277 g/mol. The molecule has 1 N–H and O–H groups in total. The van der Waals surface area contributed by atoms with E-state index in [-0.39, 0.29) is 0 Å². The van der Waals surface area contributed by atoms with E-state index in [0.717, 1.165) is 5.56 Å². The van der Waals surface area contributed by atoms with Crippen molar-refractivity contribution in [2.24, 2.45) is 0 Å². The number of hydrogen-bond donors (Lipinski definition) is 1. The number of rotatable bonds is 1. The predicted molar refractivity (Wildman–Crippen MR) is 74.9 cm³/mol. The first-order valence-corrected chi connectivity index (χ1v) is 6.62. The number of carbonyl (C=O) groups excluding carboxylic acids is 1. The lowest BCUT2D eigenvalue weighted by Gasteiger charge is -2.35. The molecule has 1 atom stereocenters. The molecule has 0 unspecified atom stereocenters. The van der Waals surface area contributed by atoms with Gasteiger partial charge in [-0.1, -0.05) is 18.2 Å². The van der Waals surface area contributed by atoms with Crippen molar-refractivity contribution >= 4 is 17.7 Å². The maximum atomic E-state index is 12.3. The average Bonchev–Trinajstić information content (AvgIpc) is 2.35. The minimum absolute atomic E-state index is 0.394. The summed E-state index contributed by atoms with van der Waals surface area (Å²) in [6.45, 7) is 5.28. The Labute approximate surface area is 118 Å². The summed E-state index contributed by atoms with van der Waals surface area (Å²) in [6, 6.07) is 6.46. The number of amides is 1. The third-order valence-electron chi connectivity index (χ3n) is 3.13. The van der Waals surface area contributed by atoms with Crippen LogP contribution in [0, 0.1) is 0 Å². The van der Waals surface area contributed by atoms with E-state index in [2.05, 4.69) is 0 Å². The lowest BCUT2D eigenvalue weighted by Crippen LogP contribution is -2.50. The minimum Gasteiger partial charge on any atom is -0.480 e. The number of anilines is 1. The summed E-state index contributed by atoms with van der Waals surface area (Å²) in [7, 11) is 0. The van der Waals surface area contributed by atoms with Gasteiger partial charge in [0.2, 0.25) is 0 Å². The molecular formula is C15H19NO4. The van der Waals surface area contributed by atoms with E-state index in [4.69, 9.17) is 4.74 Å². The lowest BCUT2D eigenvalue weighted by atomic mass is 9.96. The molecule has 1 aliphatic heterocycles. The van der Waals surface area contributed by atoms with E-state index in [0.29, 0.717) is 18.5 Å².